The number of amides is 1. The first-order chi connectivity index (χ1) is 14.7. The first-order valence-corrected chi connectivity index (χ1v) is 10.4. The smallest absolute Gasteiger partial charge is 0.231 e. The number of carbonyl (C=O) groups is 1. The minimum Gasteiger partial charge on any atom is -0.497 e. The second kappa shape index (κ2) is 7.94. The molecule has 2 heterocycles. The number of methoxy groups -OCH3 is 1. The third-order valence-electron chi connectivity index (χ3n) is 6.08. The number of fused-ring (bicyclic) bond motifs is 2. The molecule has 6 heteroatoms. The second-order valence-corrected chi connectivity index (χ2v) is 7.95. The second-order valence-electron chi connectivity index (χ2n) is 7.95. The van der Waals surface area contributed by atoms with Gasteiger partial charge in [-0.2, -0.15) is 0 Å². The van der Waals surface area contributed by atoms with E-state index < -0.39 is 0 Å². The first-order valence-electron chi connectivity index (χ1n) is 10.4. The molecule has 1 aliphatic heterocycles. The van der Waals surface area contributed by atoms with Crippen molar-refractivity contribution in [3.05, 3.63) is 53.8 Å². The van der Waals surface area contributed by atoms with E-state index in [1.807, 2.05) is 41.3 Å². The summed E-state index contributed by atoms with van der Waals surface area (Å²) in [6.45, 7) is 0.826. The highest BCUT2D eigenvalue weighted by atomic mass is 16.7. The number of benzene rings is 2. The first kappa shape index (κ1) is 18.9. The van der Waals surface area contributed by atoms with Crippen molar-refractivity contribution in [2.24, 2.45) is 0 Å². The maximum absolute atomic E-state index is 13.4. The number of hydrogen-bond acceptors (Lipinski definition) is 5. The zero-order valence-electron chi connectivity index (χ0n) is 17.1. The van der Waals surface area contributed by atoms with Crippen LogP contribution in [0.5, 0.6) is 17.2 Å². The van der Waals surface area contributed by atoms with Gasteiger partial charge in [0, 0.05) is 29.6 Å². The van der Waals surface area contributed by atoms with Crippen LogP contribution in [-0.2, 0) is 17.8 Å². The maximum atomic E-state index is 13.4. The summed E-state index contributed by atoms with van der Waals surface area (Å²) in [5.41, 5.74) is 2.70. The maximum Gasteiger partial charge on any atom is 0.231 e. The highest BCUT2D eigenvalue weighted by Gasteiger charge is 2.28. The average molecular weight is 407 g/mol. The van der Waals surface area contributed by atoms with Crippen molar-refractivity contribution in [1.29, 1.82) is 0 Å². The number of rotatable bonds is 6. The van der Waals surface area contributed by atoms with Crippen LogP contribution in [0.3, 0.4) is 0 Å². The molecule has 2 aromatic carbocycles. The summed E-state index contributed by atoms with van der Waals surface area (Å²) in [7, 11) is 1.63. The van der Waals surface area contributed by atoms with Gasteiger partial charge in [0.2, 0.25) is 12.7 Å². The lowest BCUT2D eigenvalue weighted by atomic mass is 10.1. The van der Waals surface area contributed by atoms with Crippen LogP contribution in [0.25, 0.3) is 11.0 Å². The van der Waals surface area contributed by atoms with Crippen molar-refractivity contribution in [2.75, 3.05) is 13.9 Å². The summed E-state index contributed by atoms with van der Waals surface area (Å²) in [5.74, 6) is 2.38. The summed E-state index contributed by atoms with van der Waals surface area (Å²) in [6, 6.07) is 11.9. The fourth-order valence-electron chi connectivity index (χ4n) is 4.46. The zero-order valence-corrected chi connectivity index (χ0v) is 17.1. The van der Waals surface area contributed by atoms with Crippen molar-refractivity contribution in [3.63, 3.8) is 0 Å². The third kappa shape index (κ3) is 3.58. The van der Waals surface area contributed by atoms with Gasteiger partial charge in [0.1, 0.15) is 11.3 Å². The number of furan rings is 1. The van der Waals surface area contributed by atoms with Gasteiger partial charge in [0.15, 0.2) is 11.5 Å². The van der Waals surface area contributed by atoms with Gasteiger partial charge in [-0.15, -0.1) is 0 Å². The van der Waals surface area contributed by atoms with Crippen LogP contribution < -0.4 is 14.2 Å². The zero-order chi connectivity index (χ0) is 20.5. The molecule has 0 N–H and O–H groups in total. The van der Waals surface area contributed by atoms with Gasteiger partial charge in [0.05, 0.1) is 19.8 Å². The summed E-state index contributed by atoms with van der Waals surface area (Å²) in [5, 5.41) is 0.957. The average Bonchev–Trinajstić information content (AvgIpc) is 3.52. The van der Waals surface area contributed by atoms with E-state index in [2.05, 4.69) is 0 Å². The third-order valence-corrected chi connectivity index (χ3v) is 6.08. The number of ether oxygens (including phenoxy) is 3. The number of hydrogen-bond donors (Lipinski definition) is 0. The lowest BCUT2D eigenvalue weighted by Crippen LogP contribution is -2.39. The molecule has 6 nitrogen and oxygen atoms in total. The van der Waals surface area contributed by atoms with Gasteiger partial charge < -0.3 is 23.5 Å². The standard InChI is InChI=1S/C24H25NO5/c1-27-19-7-8-20-17(14-28-22(20)12-19)11-24(26)25(18-4-2-3-5-18)13-16-6-9-21-23(10-16)30-15-29-21/h6-10,12,14,18H,2-5,11,13,15H2,1H3. The Bertz CT molecular complexity index is 1070. The monoisotopic (exact) mass is 407 g/mol. The Balaban J connectivity index is 1.38. The molecule has 0 spiro atoms. The van der Waals surface area contributed by atoms with Crippen LogP contribution in [0.4, 0.5) is 0 Å². The lowest BCUT2D eigenvalue weighted by Gasteiger charge is -2.29. The summed E-state index contributed by atoms with van der Waals surface area (Å²) in [6.07, 6.45) is 6.46. The van der Waals surface area contributed by atoms with Crippen molar-refractivity contribution < 1.29 is 23.4 Å². The molecule has 156 valence electrons. The fraction of sp³-hybridized carbons (Fsp3) is 0.375. The molecule has 0 radical (unpaired) electrons. The molecule has 1 aliphatic carbocycles. The van der Waals surface area contributed by atoms with E-state index in [0.29, 0.717) is 13.0 Å². The topological polar surface area (TPSA) is 61.1 Å². The highest BCUT2D eigenvalue weighted by Crippen LogP contribution is 2.34. The van der Waals surface area contributed by atoms with E-state index in [0.717, 1.165) is 52.2 Å². The van der Waals surface area contributed by atoms with Crippen LogP contribution in [0.1, 0.15) is 36.8 Å². The Labute approximate surface area is 175 Å². The van der Waals surface area contributed by atoms with Crippen molar-refractivity contribution in [1.82, 2.24) is 4.90 Å². The van der Waals surface area contributed by atoms with Crippen LogP contribution in [0.15, 0.2) is 47.1 Å². The predicted molar refractivity (Wildman–Crippen MR) is 112 cm³/mol. The molecule has 3 aromatic rings. The highest BCUT2D eigenvalue weighted by molar-refractivity contribution is 5.88. The molecule has 0 bridgehead atoms. The minimum atomic E-state index is 0.123. The molecular formula is C24H25NO5. The number of carbonyl (C=O) groups excluding carboxylic acids is 1. The molecular weight excluding hydrogens is 382 g/mol. The molecule has 1 aromatic heterocycles. The summed E-state index contributed by atoms with van der Waals surface area (Å²) < 4.78 is 21.9. The van der Waals surface area contributed by atoms with Crippen LogP contribution in [-0.4, -0.2) is 30.8 Å². The Kier molecular flexibility index (Phi) is 4.99. The van der Waals surface area contributed by atoms with Gasteiger partial charge in [-0.1, -0.05) is 18.9 Å². The van der Waals surface area contributed by atoms with E-state index in [9.17, 15) is 4.79 Å². The van der Waals surface area contributed by atoms with E-state index in [4.69, 9.17) is 18.6 Å². The summed E-state index contributed by atoms with van der Waals surface area (Å²) >= 11 is 0. The van der Waals surface area contributed by atoms with E-state index in [-0.39, 0.29) is 18.7 Å². The van der Waals surface area contributed by atoms with Crippen molar-refractivity contribution >= 4 is 16.9 Å². The van der Waals surface area contributed by atoms with E-state index >= 15 is 0 Å². The molecule has 0 saturated heterocycles. The van der Waals surface area contributed by atoms with Crippen LogP contribution in [0, 0.1) is 0 Å². The Morgan fingerprint density at radius 1 is 1.10 bits per heavy atom. The largest absolute Gasteiger partial charge is 0.497 e. The van der Waals surface area contributed by atoms with Gasteiger partial charge in [-0.3, -0.25) is 4.79 Å². The molecule has 2 aliphatic rings. The molecule has 30 heavy (non-hydrogen) atoms. The molecule has 1 amide bonds. The van der Waals surface area contributed by atoms with Crippen molar-refractivity contribution in [3.8, 4) is 17.2 Å². The van der Waals surface area contributed by atoms with Gasteiger partial charge in [0.25, 0.3) is 0 Å². The Morgan fingerprint density at radius 3 is 2.77 bits per heavy atom. The molecule has 0 unspecified atom stereocenters. The van der Waals surface area contributed by atoms with Crippen LogP contribution in [0.2, 0.25) is 0 Å². The van der Waals surface area contributed by atoms with Crippen LogP contribution >= 0.6 is 0 Å². The Hall–Kier alpha value is -3.15. The van der Waals surface area contributed by atoms with Crippen molar-refractivity contribution in [2.45, 2.75) is 44.7 Å². The molecule has 1 saturated carbocycles. The lowest BCUT2D eigenvalue weighted by molar-refractivity contribution is -0.133. The summed E-state index contributed by atoms with van der Waals surface area (Å²) in [4.78, 5) is 15.4. The normalized spacial score (nSPS) is 15.6. The SMILES string of the molecule is COc1ccc2c(CC(=O)N(Cc3ccc4c(c3)OCO4)C3CCCC3)coc2c1. The predicted octanol–water partition coefficient (Wildman–Crippen LogP) is 4.68. The quantitative estimate of drug-likeness (QED) is 0.594. The van der Waals surface area contributed by atoms with E-state index in [1.54, 1.807) is 13.4 Å². The minimum absolute atomic E-state index is 0.123. The molecule has 1 fully saturated rings. The van der Waals surface area contributed by atoms with Gasteiger partial charge in [-0.05, 0) is 42.7 Å². The van der Waals surface area contributed by atoms with Gasteiger partial charge >= 0.3 is 0 Å². The molecule has 5 rings (SSSR count). The number of nitrogens with zero attached hydrogens (tertiary/aromatic N) is 1. The van der Waals surface area contributed by atoms with Gasteiger partial charge in [-0.25, -0.2) is 0 Å². The Morgan fingerprint density at radius 2 is 1.93 bits per heavy atom. The molecule has 0 atom stereocenters. The van der Waals surface area contributed by atoms with E-state index in [1.165, 1.54) is 12.8 Å². The fourth-order valence-corrected chi connectivity index (χ4v) is 4.46.